The summed E-state index contributed by atoms with van der Waals surface area (Å²) >= 11 is 0. The van der Waals surface area contributed by atoms with Gasteiger partial charge in [-0.1, -0.05) is 48.5 Å². The number of rotatable bonds is 2. The van der Waals surface area contributed by atoms with E-state index in [1.165, 1.54) is 43.8 Å². The lowest BCUT2D eigenvalue weighted by Crippen LogP contribution is -2.08. The van der Waals surface area contributed by atoms with Crippen molar-refractivity contribution in [1.29, 1.82) is 0 Å². The first-order valence-electron chi connectivity index (χ1n) is 14.1. The molecule has 10 rings (SSSR count). The van der Waals surface area contributed by atoms with Gasteiger partial charge in [-0.25, -0.2) is 9.97 Å². The van der Waals surface area contributed by atoms with Crippen molar-refractivity contribution >= 4 is 54.6 Å². The molecule has 0 aliphatic heterocycles. The molecule has 5 aromatic carbocycles. The van der Waals surface area contributed by atoms with Crippen molar-refractivity contribution < 1.29 is 4.42 Å². The second-order valence-electron chi connectivity index (χ2n) is 11.3. The number of aromatic nitrogens is 3. The lowest BCUT2D eigenvalue weighted by molar-refractivity contribution is 0.666. The molecule has 3 aromatic heterocycles. The maximum Gasteiger partial charge on any atom is 0.235 e. The van der Waals surface area contributed by atoms with Crippen LogP contribution in [0.4, 0.5) is 0 Å². The zero-order valence-electron chi connectivity index (χ0n) is 21.7. The zero-order valence-corrected chi connectivity index (χ0v) is 21.7. The highest BCUT2D eigenvalue weighted by atomic mass is 16.3. The van der Waals surface area contributed by atoms with Gasteiger partial charge in [0.15, 0.2) is 0 Å². The van der Waals surface area contributed by atoms with Gasteiger partial charge >= 0.3 is 0 Å². The predicted octanol–water partition coefficient (Wildman–Crippen LogP) is 8.49. The fourth-order valence-corrected chi connectivity index (χ4v) is 6.86. The number of nitrogens with zero attached hydrogens (tertiary/aromatic N) is 3. The minimum atomic E-state index is 0.690. The van der Waals surface area contributed by atoms with Gasteiger partial charge in [-0.15, -0.1) is 0 Å². The third-order valence-electron chi connectivity index (χ3n) is 9.17. The number of hydrogen-bond donors (Lipinski definition) is 0. The Labute approximate surface area is 229 Å². The highest BCUT2D eigenvalue weighted by molar-refractivity contribution is 6.17. The molecule has 188 valence electrons. The maximum atomic E-state index is 6.49. The van der Waals surface area contributed by atoms with Crippen LogP contribution in [0.3, 0.4) is 0 Å². The Morgan fingerprint density at radius 1 is 0.525 bits per heavy atom. The summed E-state index contributed by atoms with van der Waals surface area (Å²) in [6, 6.07) is 32.6. The molecular formula is C36H23N3O. The molecule has 8 aromatic rings. The first-order valence-corrected chi connectivity index (χ1v) is 14.1. The average Bonchev–Trinajstić information content (AvgIpc) is 3.47. The fourth-order valence-electron chi connectivity index (χ4n) is 6.86. The Kier molecular flexibility index (Phi) is 3.85. The van der Waals surface area contributed by atoms with Crippen LogP contribution in [0.15, 0.2) is 95.4 Å². The number of benzene rings is 5. The highest BCUT2D eigenvalue weighted by Crippen LogP contribution is 2.42. The van der Waals surface area contributed by atoms with Crippen molar-refractivity contribution in [2.45, 2.75) is 25.7 Å². The van der Waals surface area contributed by atoms with E-state index in [0.29, 0.717) is 5.95 Å². The number of hydrogen-bond acceptors (Lipinski definition) is 3. The Bertz CT molecular complexity index is 2380. The molecule has 0 atom stereocenters. The summed E-state index contributed by atoms with van der Waals surface area (Å²) in [5, 5.41) is 5.93. The van der Waals surface area contributed by atoms with Gasteiger partial charge in [0, 0.05) is 38.6 Å². The number of furan rings is 1. The van der Waals surface area contributed by atoms with Crippen molar-refractivity contribution in [2.75, 3.05) is 0 Å². The maximum absolute atomic E-state index is 6.49. The molecular weight excluding hydrogens is 490 g/mol. The van der Waals surface area contributed by atoms with Crippen LogP contribution in [-0.4, -0.2) is 14.5 Å². The summed E-state index contributed by atoms with van der Waals surface area (Å²) < 4.78 is 8.74. The molecule has 40 heavy (non-hydrogen) atoms. The van der Waals surface area contributed by atoms with E-state index in [1.54, 1.807) is 0 Å². The zero-order chi connectivity index (χ0) is 25.9. The molecule has 4 nitrogen and oxygen atoms in total. The Balaban J connectivity index is 1.34. The molecule has 0 saturated heterocycles. The second kappa shape index (κ2) is 7.36. The van der Waals surface area contributed by atoms with Crippen molar-refractivity contribution in [1.82, 2.24) is 14.5 Å². The predicted molar refractivity (Wildman–Crippen MR) is 161 cm³/mol. The van der Waals surface area contributed by atoms with Gasteiger partial charge in [-0.05, 0) is 84.3 Å². The van der Waals surface area contributed by atoms with Crippen LogP contribution in [0.2, 0.25) is 0 Å². The Morgan fingerprint density at radius 2 is 1.15 bits per heavy atom. The van der Waals surface area contributed by atoms with Crippen molar-refractivity contribution in [3.05, 3.63) is 113 Å². The molecule has 0 unspecified atom stereocenters. The van der Waals surface area contributed by atoms with E-state index in [-0.39, 0.29) is 0 Å². The molecule has 4 heteroatoms. The number of fused-ring (bicyclic) bond motifs is 9. The summed E-state index contributed by atoms with van der Waals surface area (Å²) in [6.07, 6.45) is 4.58. The lowest BCUT2D eigenvalue weighted by atomic mass is 9.87. The largest absolute Gasteiger partial charge is 0.456 e. The minimum absolute atomic E-state index is 0.690. The van der Waals surface area contributed by atoms with Crippen LogP contribution in [0.1, 0.15) is 22.3 Å². The molecule has 2 aliphatic carbocycles. The number of aryl methyl sites for hydroxylation is 4. The molecule has 3 heterocycles. The fraction of sp³-hybridized carbons (Fsp3) is 0.111. The standard InChI is InChI=1S/C36H23N3O/c1-2-6-20(7-3-1)35-25-8-4-5-9-30(25)37-36(38-35)39-31-16-23-12-10-21(23)14-26(31)27-18-29-28-15-22-11-13-24(22)17-33(28)40-34(29)19-32(27)39/h1-9,14-19H,10-13H2. The monoisotopic (exact) mass is 513 g/mol. The topological polar surface area (TPSA) is 43.9 Å². The molecule has 0 fully saturated rings. The normalized spacial score (nSPS) is 14.1. The van der Waals surface area contributed by atoms with Gasteiger partial charge in [0.1, 0.15) is 11.2 Å². The molecule has 0 radical (unpaired) electrons. The van der Waals surface area contributed by atoms with E-state index in [0.717, 1.165) is 70.0 Å². The summed E-state index contributed by atoms with van der Waals surface area (Å²) in [7, 11) is 0. The van der Waals surface area contributed by atoms with Gasteiger partial charge in [0.25, 0.3) is 0 Å². The SMILES string of the molecule is c1ccc(-c2nc(-n3c4cc5c(cc4c4cc6c(cc43)oc3cc4c(cc36)CC4)CC5)nc3ccccc23)cc1. The lowest BCUT2D eigenvalue weighted by Gasteiger charge is -2.19. The van der Waals surface area contributed by atoms with E-state index in [9.17, 15) is 0 Å². The van der Waals surface area contributed by atoms with Gasteiger partial charge in [-0.2, -0.15) is 0 Å². The molecule has 0 bridgehead atoms. The molecule has 0 amide bonds. The van der Waals surface area contributed by atoms with E-state index in [4.69, 9.17) is 14.4 Å². The molecule has 0 N–H and O–H groups in total. The smallest absolute Gasteiger partial charge is 0.235 e. The third kappa shape index (κ3) is 2.70. The summed E-state index contributed by atoms with van der Waals surface area (Å²) in [5.74, 6) is 0.690. The van der Waals surface area contributed by atoms with Gasteiger partial charge in [-0.3, -0.25) is 4.57 Å². The summed E-state index contributed by atoms with van der Waals surface area (Å²) in [6.45, 7) is 0. The summed E-state index contributed by atoms with van der Waals surface area (Å²) in [4.78, 5) is 10.4. The van der Waals surface area contributed by atoms with Gasteiger partial charge in [0.2, 0.25) is 5.95 Å². The van der Waals surface area contributed by atoms with Crippen LogP contribution in [0.25, 0.3) is 71.9 Å². The highest BCUT2D eigenvalue weighted by Gasteiger charge is 2.24. The van der Waals surface area contributed by atoms with Crippen LogP contribution < -0.4 is 0 Å². The third-order valence-corrected chi connectivity index (χ3v) is 9.17. The van der Waals surface area contributed by atoms with Crippen LogP contribution >= 0.6 is 0 Å². The first kappa shape index (κ1) is 20.9. The number of para-hydroxylation sites is 1. The van der Waals surface area contributed by atoms with Gasteiger partial charge in [0.05, 0.1) is 22.2 Å². The minimum Gasteiger partial charge on any atom is -0.456 e. The van der Waals surface area contributed by atoms with Crippen molar-refractivity contribution in [3.8, 4) is 17.2 Å². The van der Waals surface area contributed by atoms with Crippen molar-refractivity contribution in [3.63, 3.8) is 0 Å². The van der Waals surface area contributed by atoms with E-state index in [1.807, 2.05) is 6.07 Å². The van der Waals surface area contributed by atoms with E-state index >= 15 is 0 Å². The molecule has 2 aliphatic rings. The molecule has 0 saturated carbocycles. The van der Waals surface area contributed by atoms with Crippen LogP contribution in [0, 0.1) is 0 Å². The van der Waals surface area contributed by atoms with E-state index in [2.05, 4.69) is 89.5 Å². The van der Waals surface area contributed by atoms with Crippen LogP contribution in [-0.2, 0) is 25.7 Å². The molecule has 0 spiro atoms. The first-order chi connectivity index (χ1) is 19.8. The Morgan fingerprint density at radius 3 is 1.98 bits per heavy atom. The average molecular weight is 514 g/mol. The quantitative estimate of drug-likeness (QED) is 0.233. The Hall–Kier alpha value is -4.96. The van der Waals surface area contributed by atoms with Crippen LogP contribution in [0.5, 0.6) is 0 Å². The van der Waals surface area contributed by atoms with Crippen molar-refractivity contribution in [2.24, 2.45) is 0 Å². The second-order valence-corrected chi connectivity index (χ2v) is 11.3. The van der Waals surface area contributed by atoms with E-state index < -0.39 is 0 Å². The summed E-state index contributed by atoms with van der Waals surface area (Å²) in [5.41, 5.74) is 12.9. The van der Waals surface area contributed by atoms with Gasteiger partial charge < -0.3 is 4.42 Å².